The molecule has 0 bridgehead atoms. The Morgan fingerprint density at radius 3 is 2.69 bits per heavy atom. The van der Waals surface area contributed by atoms with Crippen LogP contribution in [-0.4, -0.2) is 28.9 Å². The second-order valence-electron chi connectivity index (χ2n) is 5.74. The highest BCUT2D eigenvalue weighted by molar-refractivity contribution is 8.00. The molecule has 26 heavy (non-hydrogen) atoms. The molecule has 0 aliphatic heterocycles. The van der Waals surface area contributed by atoms with Crippen molar-refractivity contribution in [3.63, 3.8) is 0 Å². The van der Waals surface area contributed by atoms with Gasteiger partial charge in [0.2, 0.25) is 0 Å². The van der Waals surface area contributed by atoms with Crippen molar-refractivity contribution in [2.24, 2.45) is 0 Å². The van der Waals surface area contributed by atoms with Crippen LogP contribution in [0.25, 0.3) is 11.0 Å². The highest BCUT2D eigenvalue weighted by Gasteiger charge is 2.24. The van der Waals surface area contributed by atoms with Gasteiger partial charge in [-0.15, -0.1) is 24.5 Å². The molecule has 0 N–H and O–H groups in total. The van der Waals surface area contributed by atoms with Crippen molar-refractivity contribution in [2.75, 3.05) is 13.1 Å². The fourth-order valence-corrected chi connectivity index (χ4v) is 4.52. The van der Waals surface area contributed by atoms with E-state index in [1.807, 2.05) is 36.6 Å². The second kappa shape index (κ2) is 8.38. The van der Waals surface area contributed by atoms with Crippen molar-refractivity contribution in [1.82, 2.24) is 9.88 Å². The molecule has 1 aromatic carbocycles. The SMILES string of the molecule is C=CCN(CC=C)C(=O)c1oc2ccccc2c1CSc1nc(C)cs1. The van der Waals surface area contributed by atoms with Crippen LogP contribution in [0, 0.1) is 6.92 Å². The predicted octanol–water partition coefficient (Wildman–Crippen LogP) is 5.30. The van der Waals surface area contributed by atoms with E-state index in [9.17, 15) is 4.79 Å². The quantitative estimate of drug-likeness (QED) is 0.390. The van der Waals surface area contributed by atoms with E-state index in [1.54, 1.807) is 40.2 Å². The van der Waals surface area contributed by atoms with Crippen LogP contribution in [0.2, 0.25) is 0 Å². The molecular weight excluding hydrogens is 364 g/mol. The number of rotatable bonds is 8. The van der Waals surface area contributed by atoms with E-state index in [1.165, 1.54) is 0 Å². The third-order valence-corrected chi connectivity index (χ3v) is 5.98. The summed E-state index contributed by atoms with van der Waals surface area (Å²) in [6.07, 6.45) is 3.41. The molecule has 2 aromatic heterocycles. The normalized spacial score (nSPS) is 10.8. The van der Waals surface area contributed by atoms with Crippen LogP contribution in [0.15, 0.2) is 63.7 Å². The summed E-state index contributed by atoms with van der Waals surface area (Å²) in [6.45, 7) is 10.3. The summed E-state index contributed by atoms with van der Waals surface area (Å²) >= 11 is 3.23. The molecule has 0 aliphatic carbocycles. The predicted molar refractivity (Wildman–Crippen MR) is 109 cm³/mol. The van der Waals surface area contributed by atoms with Gasteiger partial charge in [-0.2, -0.15) is 0 Å². The first-order chi connectivity index (χ1) is 12.6. The topological polar surface area (TPSA) is 46.3 Å². The van der Waals surface area contributed by atoms with E-state index in [-0.39, 0.29) is 5.91 Å². The molecule has 3 aromatic rings. The van der Waals surface area contributed by atoms with E-state index in [2.05, 4.69) is 18.1 Å². The molecule has 0 saturated carbocycles. The Hall–Kier alpha value is -2.31. The number of thiazole rings is 1. The summed E-state index contributed by atoms with van der Waals surface area (Å²) in [6, 6.07) is 7.74. The number of carbonyl (C=O) groups is 1. The Morgan fingerprint density at radius 2 is 2.04 bits per heavy atom. The molecule has 0 radical (unpaired) electrons. The molecule has 0 saturated heterocycles. The molecule has 0 fully saturated rings. The van der Waals surface area contributed by atoms with Gasteiger partial charge in [-0.25, -0.2) is 4.98 Å². The molecular formula is C20H20N2O2S2. The van der Waals surface area contributed by atoms with Gasteiger partial charge in [-0.3, -0.25) is 4.79 Å². The fourth-order valence-electron chi connectivity index (χ4n) is 2.64. The number of aryl methyl sites for hydroxylation is 1. The minimum Gasteiger partial charge on any atom is -0.451 e. The zero-order valence-electron chi connectivity index (χ0n) is 14.6. The minimum atomic E-state index is -0.146. The molecule has 2 heterocycles. The lowest BCUT2D eigenvalue weighted by Gasteiger charge is -2.18. The zero-order chi connectivity index (χ0) is 18.5. The zero-order valence-corrected chi connectivity index (χ0v) is 16.2. The van der Waals surface area contributed by atoms with Gasteiger partial charge in [0.1, 0.15) is 9.92 Å². The smallest absolute Gasteiger partial charge is 0.290 e. The summed E-state index contributed by atoms with van der Waals surface area (Å²) < 4.78 is 6.92. The maximum absolute atomic E-state index is 13.0. The van der Waals surface area contributed by atoms with Crippen molar-refractivity contribution in [2.45, 2.75) is 17.0 Å². The monoisotopic (exact) mass is 384 g/mol. The highest BCUT2D eigenvalue weighted by Crippen LogP contribution is 2.33. The number of benzene rings is 1. The van der Waals surface area contributed by atoms with Gasteiger partial charge in [0, 0.05) is 40.9 Å². The molecule has 1 amide bonds. The third kappa shape index (κ3) is 3.92. The van der Waals surface area contributed by atoms with Crippen LogP contribution < -0.4 is 0 Å². The molecule has 6 heteroatoms. The summed E-state index contributed by atoms with van der Waals surface area (Å²) in [5.41, 5.74) is 2.63. The van der Waals surface area contributed by atoms with Crippen molar-refractivity contribution in [3.8, 4) is 0 Å². The van der Waals surface area contributed by atoms with Crippen LogP contribution in [-0.2, 0) is 5.75 Å². The summed E-state index contributed by atoms with van der Waals surface area (Å²) in [5, 5.41) is 2.99. The number of amides is 1. The van der Waals surface area contributed by atoms with Crippen LogP contribution in [0.4, 0.5) is 0 Å². The first kappa shape index (κ1) is 18.5. The third-order valence-electron chi connectivity index (χ3n) is 3.82. The summed E-state index contributed by atoms with van der Waals surface area (Å²) in [5.74, 6) is 0.865. The molecule has 3 rings (SSSR count). The number of hydrogen-bond acceptors (Lipinski definition) is 5. The lowest BCUT2D eigenvalue weighted by atomic mass is 10.1. The van der Waals surface area contributed by atoms with Crippen molar-refractivity contribution >= 4 is 40.0 Å². The molecule has 0 atom stereocenters. The van der Waals surface area contributed by atoms with Gasteiger partial charge in [0.15, 0.2) is 5.76 Å². The van der Waals surface area contributed by atoms with E-state index < -0.39 is 0 Å². The maximum Gasteiger partial charge on any atom is 0.290 e. The first-order valence-electron chi connectivity index (χ1n) is 8.20. The Bertz CT molecular complexity index is 932. The number of fused-ring (bicyclic) bond motifs is 1. The maximum atomic E-state index is 13.0. The fraction of sp³-hybridized carbons (Fsp3) is 0.200. The van der Waals surface area contributed by atoms with E-state index >= 15 is 0 Å². The number of nitrogens with zero attached hydrogens (tertiary/aromatic N) is 2. The molecule has 0 spiro atoms. The molecule has 4 nitrogen and oxygen atoms in total. The van der Waals surface area contributed by atoms with Gasteiger partial charge in [0.25, 0.3) is 5.91 Å². The van der Waals surface area contributed by atoms with Gasteiger partial charge >= 0.3 is 0 Å². The number of carbonyl (C=O) groups excluding carboxylic acids is 1. The standard InChI is InChI=1S/C20H20N2O2S2/c1-4-10-22(11-5-2)19(23)18-16(13-26-20-21-14(3)12-25-20)15-8-6-7-9-17(15)24-18/h4-9,12H,1-2,10-11,13H2,3H3. The van der Waals surface area contributed by atoms with Crippen LogP contribution in [0.1, 0.15) is 21.8 Å². The Morgan fingerprint density at radius 1 is 1.31 bits per heavy atom. The van der Waals surface area contributed by atoms with Crippen molar-refractivity contribution in [3.05, 3.63) is 72.0 Å². The average molecular weight is 385 g/mol. The number of hydrogen-bond donors (Lipinski definition) is 0. The lowest BCUT2D eigenvalue weighted by molar-refractivity contribution is 0.0760. The molecule has 134 valence electrons. The Kier molecular flexibility index (Phi) is 5.96. The minimum absolute atomic E-state index is 0.146. The van der Waals surface area contributed by atoms with Crippen LogP contribution >= 0.6 is 23.1 Å². The summed E-state index contributed by atoms with van der Waals surface area (Å²) in [4.78, 5) is 19.2. The lowest BCUT2D eigenvalue weighted by Crippen LogP contribution is -2.31. The number of para-hydroxylation sites is 1. The van der Waals surface area contributed by atoms with Crippen LogP contribution in [0.3, 0.4) is 0 Å². The second-order valence-corrected chi connectivity index (χ2v) is 7.82. The number of thioether (sulfide) groups is 1. The van der Waals surface area contributed by atoms with Gasteiger partial charge in [0.05, 0.1) is 0 Å². The van der Waals surface area contributed by atoms with E-state index in [0.717, 1.165) is 26.6 Å². The van der Waals surface area contributed by atoms with Crippen LogP contribution in [0.5, 0.6) is 0 Å². The van der Waals surface area contributed by atoms with Gasteiger partial charge in [-0.1, -0.05) is 42.1 Å². The van der Waals surface area contributed by atoms with E-state index in [4.69, 9.17) is 4.42 Å². The highest BCUT2D eigenvalue weighted by atomic mass is 32.2. The van der Waals surface area contributed by atoms with Gasteiger partial charge < -0.3 is 9.32 Å². The van der Waals surface area contributed by atoms with Crippen molar-refractivity contribution < 1.29 is 9.21 Å². The van der Waals surface area contributed by atoms with Gasteiger partial charge in [-0.05, 0) is 13.0 Å². The number of furan rings is 1. The van der Waals surface area contributed by atoms with Crippen molar-refractivity contribution in [1.29, 1.82) is 0 Å². The average Bonchev–Trinajstić information content (AvgIpc) is 3.22. The molecule has 0 aliphatic rings. The first-order valence-corrected chi connectivity index (χ1v) is 10.1. The number of aromatic nitrogens is 1. The Balaban J connectivity index is 1.96. The summed E-state index contributed by atoms with van der Waals surface area (Å²) in [7, 11) is 0. The van der Waals surface area contributed by atoms with E-state index in [0.29, 0.717) is 24.6 Å². The largest absolute Gasteiger partial charge is 0.451 e. The Labute approximate surface area is 161 Å². The molecule has 0 unspecified atom stereocenters.